The number of hydrogen-bond donors (Lipinski definition) is 0. The van der Waals surface area contributed by atoms with E-state index in [2.05, 4.69) is 139 Å². The number of hydrogen-bond acceptors (Lipinski definition) is 0. The molecule has 0 atom stereocenters. The summed E-state index contributed by atoms with van der Waals surface area (Å²) in [5.41, 5.74) is 15.3. The van der Waals surface area contributed by atoms with Crippen LogP contribution < -0.4 is 0 Å². The average Bonchev–Trinajstić information content (AvgIpc) is 3.74. The van der Waals surface area contributed by atoms with Gasteiger partial charge < -0.3 is 9.13 Å². The van der Waals surface area contributed by atoms with Gasteiger partial charge in [-0.2, -0.15) is 13.2 Å². The van der Waals surface area contributed by atoms with Gasteiger partial charge in [-0.15, -0.1) is 0 Å². The van der Waals surface area contributed by atoms with Crippen molar-refractivity contribution in [3.63, 3.8) is 0 Å². The summed E-state index contributed by atoms with van der Waals surface area (Å²) < 4.78 is 47.5. The number of aryl methyl sites for hydroxylation is 5. The van der Waals surface area contributed by atoms with Crippen LogP contribution in [0.15, 0.2) is 152 Å². The second-order valence-electron chi connectivity index (χ2n) is 16.4. The van der Waals surface area contributed by atoms with E-state index in [1.807, 2.05) is 36.4 Å². The molecular weight excluding hydrogens is 760 g/mol. The van der Waals surface area contributed by atoms with Crippen molar-refractivity contribution < 1.29 is 13.2 Å². The Kier molecular flexibility index (Phi) is 8.78. The van der Waals surface area contributed by atoms with Gasteiger partial charge in [0.2, 0.25) is 0 Å². The third-order valence-corrected chi connectivity index (χ3v) is 12.1. The molecule has 0 amide bonds. The number of fused-ring (bicyclic) bond motifs is 6. The van der Waals surface area contributed by atoms with E-state index < -0.39 is 11.7 Å². The van der Waals surface area contributed by atoms with Gasteiger partial charge in [-0.05, 0) is 145 Å². The van der Waals surface area contributed by atoms with E-state index in [1.165, 1.54) is 22.3 Å². The maximum absolute atomic E-state index is 14.4. The maximum Gasteiger partial charge on any atom is 0.416 e. The van der Waals surface area contributed by atoms with Crippen molar-refractivity contribution in [1.29, 1.82) is 0 Å². The van der Waals surface area contributed by atoms with Crippen LogP contribution in [0.25, 0.3) is 93.2 Å². The molecule has 0 aliphatic heterocycles. The predicted molar refractivity (Wildman–Crippen MR) is 246 cm³/mol. The van der Waals surface area contributed by atoms with Crippen LogP contribution in [-0.2, 0) is 6.18 Å². The first kappa shape index (κ1) is 37.9. The third-order valence-electron chi connectivity index (χ3n) is 12.1. The molecule has 61 heavy (non-hydrogen) atoms. The van der Waals surface area contributed by atoms with E-state index in [0.29, 0.717) is 16.7 Å². The van der Waals surface area contributed by atoms with E-state index in [4.69, 9.17) is 6.57 Å². The summed E-state index contributed by atoms with van der Waals surface area (Å²) >= 11 is 0. The smallest absolute Gasteiger partial charge is 0.308 e. The zero-order chi connectivity index (χ0) is 42.3. The Labute approximate surface area is 352 Å². The van der Waals surface area contributed by atoms with Crippen molar-refractivity contribution in [2.45, 2.75) is 40.8 Å². The Balaban J connectivity index is 1.32. The highest BCUT2D eigenvalue weighted by molar-refractivity contribution is 6.13. The van der Waals surface area contributed by atoms with E-state index in [0.717, 1.165) is 89.4 Å². The minimum atomic E-state index is -4.55. The molecule has 0 N–H and O–H groups in total. The van der Waals surface area contributed by atoms with Crippen LogP contribution >= 0.6 is 0 Å². The van der Waals surface area contributed by atoms with Gasteiger partial charge in [-0.1, -0.05) is 102 Å². The molecule has 2 aromatic heterocycles. The molecule has 10 aromatic rings. The lowest BCUT2D eigenvalue weighted by molar-refractivity contribution is -0.137. The summed E-state index contributed by atoms with van der Waals surface area (Å²) in [6, 6.07) is 50.5. The summed E-state index contributed by atoms with van der Waals surface area (Å²) in [5.74, 6) is 0. The van der Waals surface area contributed by atoms with Crippen LogP contribution in [0.4, 0.5) is 18.9 Å². The molecule has 3 nitrogen and oxygen atoms in total. The molecule has 0 radical (unpaired) electrons. The van der Waals surface area contributed by atoms with Crippen molar-refractivity contribution in [2.24, 2.45) is 0 Å². The standard InChI is InChI=1S/C55H40F3N3/c1-32-15-19-41(35(4)23-32)37-17-21-51-46(28-37)43-11-7-9-13-49(43)60(51)53-30-45(39-25-34(3)26-40(27-39)55(56,57)58)48(59-6)31-54(53)61-50-14-10-8-12-44(50)47-29-38(18-22-52(47)61)42-20-16-33(2)24-36(42)5/h7-31H,1-5H3. The van der Waals surface area contributed by atoms with Crippen LogP contribution in [0.1, 0.15) is 33.4 Å². The topological polar surface area (TPSA) is 14.2 Å². The Morgan fingerprint density at radius 1 is 0.426 bits per heavy atom. The molecule has 0 spiro atoms. The Bertz CT molecular complexity index is 3480. The van der Waals surface area contributed by atoms with Gasteiger partial charge in [-0.25, -0.2) is 4.85 Å². The minimum Gasteiger partial charge on any atom is -0.308 e. The Hall–Kier alpha value is -7.36. The van der Waals surface area contributed by atoms with Crippen molar-refractivity contribution in [2.75, 3.05) is 0 Å². The van der Waals surface area contributed by atoms with Crippen molar-refractivity contribution >= 4 is 49.3 Å². The van der Waals surface area contributed by atoms with Crippen LogP contribution in [0.2, 0.25) is 0 Å². The van der Waals surface area contributed by atoms with Gasteiger partial charge in [0.25, 0.3) is 0 Å². The van der Waals surface area contributed by atoms with Crippen LogP contribution in [-0.4, -0.2) is 9.13 Å². The van der Waals surface area contributed by atoms with Crippen LogP contribution in [0.5, 0.6) is 0 Å². The lowest BCUT2D eigenvalue weighted by atomic mass is 9.97. The summed E-state index contributed by atoms with van der Waals surface area (Å²) in [5, 5.41) is 4.20. The highest BCUT2D eigenvalue weighted by Crippen LogP contribution is 2.45. The molecule has 0 aliphatic rings. The zero-order valence-electron chi connectivity index (χ0n) is 34.4. The molecule has 0 saturated heterocycles. The van der Waals surface area contributed by atoms with E-state index in [9.17, 15) is 13.2 Å². The fourth-order valence-corrected chi connectivity index (χ4v) is 9.42. The van der Waals surface area contributed by atoms with Crippen molar-refractivity contribution in [3.05, 3.63) is 196 Å². The van der Waals surface area contributed by atoms with Gasteiger partial charge in [0.1, 0.15) is 0 Å². The fourth-order valence-electron chi connectivity index (χ4n) is 9.42. The van der Waals surface area contributed by atoms with E-state index in [-0.39, 0.29) is 5.69 Å². The lowest BCUT2D eigenvalue weighted by Crippen LogP contribution is -2.06. The second kappa shape index (κ2) is 14.1. The molecule has 10 rings (SSSR count). The highest BCUT2D eigenvalue weighted by atomic mass is 19.4. The largest absolute Gasteiger partial charge is 0.416 e. The maximum atomic E-state index is 14.4. The van der Waals surface area contributed by atoms with Crippen LogP contribution in [0.3, 0.4) is 0 Å². The molecule has 2 heterocycles. The fraction of sp³-hybridized carbons (Fsp3) is 0.109. The summed E-state index contributed by atoms with van der Waals surface area (Å²) in [4.78, 5) is 4.02. The number of nitrogens with zero attached hydrogens (tertiary/aromatic N) is 3. The number of alkyl halides is 3. The predicted octanol–water partition coefficient (Wildman–Crippen LogP) is 16.0. The number of aromatic nitrogens is 2. The third kappa shape index (κ3) is 6.28. The Morgan fingerprint density at radius 3 is 1.41 bits per heavy atom. The zero-order valence-corrected chi connectivity index (χ0v) is 34.4. The molecule has 0 bridgehead atoms. The van der Waals surface area contributed by atoms with Gasteiger partial charge in [0.05, 0.1) is 45.6 Å². The first-order valence-corrected chi connectivity index (χ1v) is 20.3. The SMILES string of the molecule is [C-]#[N+]c1cc(-n2c3ccccc3c3cc(-c4ccc(C)cc4C)ccc32)c(-n2c3ccccc3c3cc(-c4ccc(C)cc4C)ccc32)cc1-c1cc(C)cc(C(F)(F)F)c1. The monoisotopic (exact) mass is 799 g/mol. The quantitative estimate of drug-likeness (QED) is 0.154. The molecule has 6 heteroatoms. The first-order valence-electron chi connectivity index (χ1n) is 20.3. The average molecular weight is 800 g/mol. The summed E-state index contributed by atoms with van der Waals surface area (Å²) in [7, 11) is 0. The Morgan fingerprint density at radius 2 is 0.918 bits per heavy atom. The minimum absolute atomic E-state index is 0.258. The number of benzene rings is 8. The van der Waals surface area contributed by atoms with Gasteiger partial charge in [-0.3, -0.25) is 0 Å². The van der Waals surface area contributed by atoms with E-state index >= 15 is 0 Å². The molecule has 0 saturated carbocycles. The molecule has 0 aliphatic carbocycles. The molecule has 0 unspecified atom stereocenters. The highest BCUT2D eigenvalue weighted by Gasteiger charge is 2.31. The number of para-hydroxylation sites is 2. The van der Waals surface area contributed by atoms with Gasteiger partial charge in [0.15, 0.2) is 5.69 Å². The molecular formula is C55H40F3N3. The molecule has 296 valence electrons. The molecule has 8 aromatic carbocycles. The molecule has 0 fully saturated rings. The van der Waals surface area contributed by atoms with Gasteiger partial charge in [0, 0.05) is 21.5 Å². The summed E-state index contributed by atoms with van der Waals surface area (Å²) in [6.07, 6.45) is -4.55. The summed E-state index contributed by atoms with van der Waals surface area (Å²) in [6.45, 7) is 18.6. The first-order chi connectivity index (χ1) is 29.4. The number of halogens is 3. The van der Waals surface area contributed by atoms with Crippen molar-refractivity contribution in [1.82, 2.24) is 9.13 Å². The normalized spacial score (nSPS) is 11.9. The lowest BCUT2D eigenvalue weighted by Gasteiger charge is -2.20. The second-order valence-corrected chi connectivity index (χ2v) is 16.4. The van der Waals surface area contributed by atoms with E-state index in [1.54, 1.807) is 13.0 Å². The number of rotatable bonds is 5. The van der Waals surface area contributed by atoms with Gasteiger partial charge >= 0.3 is 6.18 Å². The van der Waals surface area contributed by atoms with Crippen LogP contribution in [0, 0.1) is 41.2 Å². The van der Waals surface area contributed by atoms with Crippen molar-refractivity contribution in [3.8, 4) is 44.8 Å².